The van der Waals surface area contributed by atoms with Crippen molar-refractivity contribution in [2.75, 3.05) is 18.8 Å². The van der Waals surface area contributed by atoms with Gasteiger partial charge in [-0.2, -0.15) is 4.68 Å². The SMILES string of the molecule is Cc1ccccc1-n1nnnc1SCC(=O)N1CCCC1. The van der Waals surface area contributed by atoms with Gasteiger partial charge in [0.2, 0.25) is 11.1 Å². The zero-order valence-corrected chi connectivity index (χ0v) is 12.7. The average molecular weight is 303 g/mol. The first-order valence-electron chi connectivity index (χ1n) is 7.00. The molecule has 0 spiro atoms. The van der Waals surface area contributed by atoms with Crippen molar-refractivity contribution < 1.29 is 4.79 Å². The first-order chi connectivity index (χ1) is 10.3. The molecule has 0 aliphatic carbocycles. The highest BCUT2D eigenvalue weighted by Gasteiger charge is 2.19. The third kappa shape index (κ3) is 3.07. The Balaban J connectivity index is 1.71. The largest absolute Gasteiger partial charge is 0.342 e. The minimum Gasteiger partial charge on any atom is -0.342 e. The van der Waals surface area contributed by atoms with Crippen LogP contribution in [0.1, 0.15) is 18.4 Å². The van der Waals surface area contributed by atoms with Crippen LogP contribution in [0.4, 0.5) is 0 Å². The van der Waals surface area contributed by atoms with Crippen LogP contribution in [0.5, 0.6) is 0 Å². The van der Waals surface area contributed by atoms with Crippen molar-refractivity contribution in [1.29, 1.82) is 0 Å². The van der Waals surface area contributed by atoms with E-state index in [9.17, 15) is 4.79 Å². The average Bonchev–Trinajstić information content (AvgIpc) is 3.17. The Labute approximate surface area is 127 Å². The third-order valence-corrected chi connectivity index (χ3v) is 4.47. The van der Waals surface area contributed by atoms with Crippen LogP contribution in [0.25, 0.3) is 5.69 Å². The van der Waals surface area contributed by atoms with Gasteiger partial charge in [-0.3, -0.25) is 4.79 Å². The Morgan fingerprint density at radius 3 is 2.81 bits per heavy atom. The van der Waals surface area contributed by atoms with E-state index in [2.05, 4.69) is 15.5 Å². The van der Waals surface area contributed by atoms with Gasteiger partial charge in [0.25, 0.3) is 0 Å². The molecule has 1 aromatic carbocycles. The molecule has 7 heteroatoms. The van der Waals surface area contributed by atoms with E-state index in [-0.39, 0.29) is 5.91 Å². The third-order valence-electron chi connectivity index (χ3n) is 3.57. The van der Waals surface area contributed by atoms with Crippen LogP contribution in [-0.4, -0.2) is 49.9 Å². The Morgan fingerprint density at radius 1 is 1.29 bits per heavy atom. The normalized spacial score (nSPS) is 14.6. The van der Waals surface area contributed by atoms with Crippen LogP contribution in [0.3, 0.4) is 0 Å². The molecule has 3 rings (SSSR count). The van der Waals surface area contributed by atoms with Crippen molar-refractivity contribution in [3.63, 3.8) is 0 Å². The number of para-hydroxylation sites is 1. The van der Waals surface area contributed by atoms with Crippen molar-refractivity contribution >= 4 is 17.7 Å². The van der Waals surface area contributed by atoms with E-state index in [4.69, 9.17) is 0 Å². The Bertz CT molecular complexity index is 636. The highest BCUT2D eigenvalue weighted by molar-refractivity contribution is 7.99. The number of hydrogen-bond acceptors (Lipinski definition) is 5. The lowest BCUT2D eigenvalue weighted by atomic mass is 10.2. The molecule has 21 heavy (non-hydrogen) atoms. The second kappa shape index (κ2) is 6.26. The number of aryl methyl sites for hydroxylation is 1. The van der Waals surface area contributed by atoms with Gasteiger partial charge in [0, 0.05) is 13.1 Å². The van der Waals surface area contributed by atoms with Crippen molar-refractivity contribution in [2.24, 2.45) is 0 Å². The Morgan fingerprint density at radius 2 is 2.05 bits per heavy atom. The van der Waals surface area contributed by atoms with Gasteiger partial charge < -0.3 is 4.90 Å². The summed E-state index contributed by atoms with van der Waals surface area (Å²) in [6.07, 6.45) is 2.22. The number of carbonyl (C=O) groups excluding carboxylic acids is 1. The molecular weight excluding hydrogens is 286 g/mol. The number of nitrogens with zero attached hydrogens (tertiary/aromatic N) is 5. The molecule has 0 saturated carbocycles. The van der Waals surface area contributed by atoms with Crippen molar-refractivity contribution in [3.8, 4) is 5.69 Å². The quantitative estimate of drug-likeness (QED) is 0.804. The summed E-state index contributed by atoms with van der Waals surface area (Å²) in [4.78, 5) is 14.0. The number of carbonyl (C=O) groups is 1. The Kier molecular flexibility index (Phi) is 4.19. The number of hydrogen-bond donors (Lipinski definition) is 0. The van der Waals surface area contributed by atoms with Crippen molar-refractivity contribution in [3.05, 3.63) is 29.8 Å². The number of likely N-dealkylation sites (tertiary alicyclic amines) is 1. The van der Waals surface area contributed by atoms with Crippen LogP contribution in [0, 0.1) is 6.92 Å². The first-order valence-corrected chi connectivity index (χ1v) is 7.99. The van der Waals surface area contributed by atoms with Gasteiger partial charge >= 0.3 is 0 Å². The summed E-state index contributed by atoms with van der Waals surface area (Å²) in [6, 6.07) is 7.92. The summed E-state index contributed by atoms with van der Waals surface area (Å²) < 4.78 is 1.69. The van der Waals surface area contributed by atoms with Crippen molar-refractivity contribution in [1.82, 2.24) is 25.1 Å². The molecule has 1 aliphatic heterocycles. The number of aromatic nitrogens is 4. The number of rotatable bonds is 4. The lowest BCUT2D eigenvalue weighted by molar-refractivity contribution is -0.127. The maximum absolute atomic E-state index is 12.1. The summed E-state index contributed by atoms with van der Waals surface area (Å²) in [6.45, 7) is 3.77. The maximum atomic E-state index is 12.1. The molecule has 1 amide bonds. The summed E-state index contributed by atoms with van der Waals surface area (Å²) >= 11 is 1.39. The van der Waals surface area contributed by atoms with Gasteiger partial charge in [0.05, 0.1) is 11.4 Å². The van der Waals surface area contributed by atoms with Crippen LogP contribution in [-0.2, 0) is 4.79 Å². The molecule has 0 unspecified atom stereocenters. The maximum Gasteiger partial charge on any atom is 0.233 e. The van der Waals surface area contributed by atoms with E-state index in [0.29, 0.717) is 10.9 Å². The van der Waals surface area contributed by atoms with Crippen LogP contribution in [0.15, 0.2) is 29.4 Å². The van der Waals surface area contributed by atoms with Gasteiger partial charge in [0.15, 0.2) is 0 Å². The molecule has 2 heterocycles. The minimum absolute atomic E-state index is 0.164. The lowest BCUT2D eigenvalue weighted by Gasteiger charge is -2.14. The zero-order chi connectivity index (χ0) is 14.7. The predicted molar refractivity (Wildman–Crippen MR) is 80.4 cm³/mol. The number of tetrazole rings is 1. The second-order valence-electron chi connectivity index (χ2n) is 5.04. The highest BCUT2D eigenvalue weighted by Crippen LogP contribution is 2.21. The van der Waals surface area contributed by atoms with E-state index < -0.39 is 0 Å². The molecular formula is C14H17N5OS. The number of amides is 1. The van der Waals surface area contributed by atoms with E-state index in [1.54, 1.807) is 4.68 Å². The fourth-order valence-corrected chi connectivity index (χ4v) is 3.19. The first kappa shape index (κ1) is 14.1. The Hall–Kier alpha value is -1.89. The molecule has 0 bridgehead atoms. The van der Waals surface area contributed by atoms with Gasteiger partial charge in [-0.05, 0) is 41.8 Å². The monoisotopic (exact) mass is 303 g/mol. The molecule has 0 atom stereocenters. The smallest absolute Gasteiger partial charge is 0.233 e. The molecule has 0 radical (unpaired) electrons. The summed E-state index contributed by atoms with van der Waals surface area (Å²) in [5.41, 5.74) is 2.04. The number of thioether (sulfide) groups is 1. The second-order valence-corrected chi connectivity index (χ2v) is 5.98. The summed E-state index contributed by atoms with van der Waals surface area (Å²) in [5.74, 6) is 0.545. The van der Waals surface area contributed by atoms with Crippen LogP contribution in [0.2, 0.25) is 0 Å². The van der Waals surface area contributed by atoms with Gasteiger partial charge in [0.1, 0.15) is 0 Å². The van der Waals surface area contributed by atoms with Gasteiger partial charge in [-0.25, -0.2) is 0 Å². The number of benzene rings is 1. The standard InChI is InChI=1S/C14H17N5OS/c1-11-6-2-3-7-12(11)19-14(15-16-17-19)21-10-13(20)18-8-4-5-9-18/h2-3,6-7H,4-5,8-10H2,1H3. The van der Waals surface area contributed by atoms with Crippen molar-refractivity contribution in [2.45, 2.75) is 24.9 Å². The molecule has 1 aliphatic rings. The predicted octanol–water partition coefficient (Wildman–Crippen LogP) is 1.69. The van der Waals surface area contributed by atoms with Crippen LogP contribution >= 0.6 is 11.8 Å². The molecule has 1 fully saturated rings. The summed E-state index contributed by atoms with van der Waals surface area (Å²) in [7, 11) is 0. The molecule has 0 N–H and O–H groups in total. The minimum atomic E-state index is 0.164. The van der Waals surface area contributed by atoms with E-state index >= 15 is 0 Å². The van der Waals surface area contributed by atoms with E-state index in [0.717, 1.165) is 37.2 Å². The summed E-state index contributed by atoms with van der Waals surface area (Å²) in [5, 5.41) is 12.4. The molecule has 1 saturated heterocycles. The molecule has 110 valence electrons. The fourth-order valence-electron chi connectivity index (χ4n) is 2.41. The van der Waals surface area contributed by atoms with E-state index in [1.165, 1.54) is 11.8 Å². The van der Waals surface area contributed by atoms with Gasteiger partial charge in [-0.1, -0.05) is 30.0 Å². The zero-order valence-electron chi connectivity index (χ0n) is 11.9. The molecule has 2 aromatic rings. The molecule has 1 aromatic heterocycles. The molecule has 6 nitrogen and oxygen atoms in total. The highest BCUT2D eigenvalue weighted by atomic mass is 32.2. The van der Waals surface area contributed by atoms with Gasteiger partial charge in [-0.15, -0.1) is 5.10 Å². The van der Waals surface area contributed by atoms with Crippen LogP contribution < -0.4 is 0 Å². The topological polar surface area (TPSA) is 63.9 Å². The van der Waals surface area contributed by atoms with E-state index in [1.807, 2.05) is 36.1 Å². The lowest BCUT2D eigenvalue weighted by Crippen LogP contribution is -2.29. The fraction of sp³-hybridized carbons (Fsp3) is 0.429.